The molecule has 4 heteroatoms. The summed E-state index contributed by atoms with van der Waals surface area (Å²) in [5, 5.41) is 5.83. The van der Waals surface area contributed by atoms with Gasteiger partial charge < -0.3 is 15.4 Å². The van der Waals surface area contributed by atoms with Crippen molar-refractivity contribution in [2.45, 2.75) is 6.42 Å². The minimum absolute atomic E-state index is 0.0232. The summed E-state index contributed by atoms with van der Waals surface area (Å²) >= 11 is 0. The van der Waals surface area contributed by atoms with Crippen LogP contribution >= 0.6 is 0 Å². The van der Waals surface area contributed by atoms with Crippen LogP contribution in [0.4, 0.5) is 0 Å². The smallest absolute Gasteiger partial charge is 0.251 e. The highest BCUT2D eigenvalue weighted by atomic mass is 16.5. The van der Waals surface area contributed by atoms with Gasteiger partial charge in [-0.2, -0.15) is 0 Å². The van der Waals surface area contributed by atoms with Crippen molar-refractivity contribution in [3.63, 3.8) is 0 Å². The highest BCUT2D eigenvalue weighted by Gasteiger charge is 2.14. The van der Waals surface area contributed by atoms with Gasteiger partial charge in [-0.05, 0) is 30.8 Å². The van der Waals surface area contributed by atoms with Crippen molar-refractivity contribution in [2.24, 2.45) is 0 Å². The third-order valence-corrected chi connectivity index (χ3v) is 2.61. The summed E-state index contributed by atoms with van der Waals surface area (Å²) in [5.74, 6) is 0.886. The molecule has 0 spiro atoms. The number of hydrogen-bond acceptors (Lipinski definition) is 3. The molecule has 2 rings (SSSR count). The van der Waals surface area contributed by atoms with E-state index in [-0.39, 0.29) is 5.91 Å². The lowest BCUT2D eigenvalue weighted by Crippen LogP contribution is -2.30. The van der Waals surface area contributed by atoms with Crippen LogP contribution in [0.1, 0.15) is 15.9 Å². The number of ether oxygens (including phenoxy) is 1. The molecule has 0 unspecified atom stereocenters. The maximum Gasteiger partial charge on any atom is 0.251 e. The van der Waals surface area contributed by atoms with Crippen LogP contribution in [0.3, 0.4) is 0 Å². The SMILES string of the molecule is CNCCNC(=O)c1ccc2c(c1)CCO2. The number of benzene rings is 1. The molecule has 0 radical (unpaired) electrons. The molecule has 0 fully saturated rings. The van der Waals surface area contributed by atoms with E-state index in [4.69, 9.17) is 4.74 Å². The van der Waals surface area contributed by atoms with E-state index >= 15 is 0 Å². The molecular weight excluding hydrogens is 204 g/mol. The molecule has 1 aromatic rings. The number of carbonyl (C=O) groups excluding carboxylic acids is 1. The summed E-state index contributed by atoms with van der Waals surface area (Å²) < 4.78 is 5.39. The van der Waals surface area contributed by atoms with Crippen molar-refractivity contribution in [2.75, 3.05) is 26.7 Å². The second kappa shape index (κ2) is 4.99. The second-order valence-corrected chi connectivity index (χ2v) is 3.78. The quantitative estimate of drug-likeness (QED) is 0.729. The number of rotatable bonds is 4. The van der Waals surface area contributed by atoms with Gasteiger partial charge in [0.2, 0.25) is 0 Å². The molecule has 1 heterocycles. The van der Waals surface area contributed by atoms with Gasteiger partial charge in [-0.1, -0.05) is 0 Å². The second-order valence-electron chi connectivity index (χ2n) is 3.78. The van der Waals surface area contributed by atoms with Crippen LogP contribution in [0.15, 0.2) is 18.2 Å². The Hall–Kier alpha value is -1.55. The largest absolute Gasteiger partial charge is 0.493 e. The molecule has 0 aromatic heterocycles. The molecular formula is C12H16N2O2. The van der Waals surface area contributed by atoms with E-state index < -0.39 is 0 Å². The van der Waals surface area contributed by atoms with Crippen LogP contribution in [0.5, 0.6) is 5.75 Å². The van der Waals surface area contributed by atoms with E-state index in [9.17, 15) is 4.79 Å². The molecule has 0 atom stereocenters. The fourth-order valence-corrected chi connectivity index (χ4v) is 1.73. The first-order valence-corrected chi connectivity index (χ1v) is 5.50. The van der Waals surface area contributed by atoms with Gasteiger partial charge in [0.1, 0.15) is 5.75 Å². The summed E-state index contributed by atoms with van der Waals surface area (Å²) in [6.07, 6.45) is 0.896. The lowest BCUT2D eigenvalue weighted by atomic mass is 10.1. The van der Waals surface area contributed by atoms with Gasteiger partial charge in [-0.3, -0.25) is 4.79 Å². The van der Waals surface area contributed by atoms with Crippen molar-refractivity contribution >= 4 is 5.91 Å². The Morgan fingerprint density at radius 1 is 1.44 bits per heavy atom. The van der Waals surface area contributed by atoms with E-state index in [0.717, 1.165) is 30.9 Å². The van der Waals surface area contributed by atoms with E-state index in [1.54, 1.807) is 6.07 Å². The van der Waals surface area contributed by atoms with Crippen molar-refractivity contribution in [1.82, 2.24) is 10.6 Å². The zero-order chi connectivity index (χ0) is 11.4. The van der Waals surface area contributed by atoms with Gasteiger partial charge in [0.25, 0.3) is 5.91 Å². The van der Waals surface area contributed by atoms with Crippen LogP contribution in [0.25, 0.3) is 0 Å². The molecule has 2 N–H and O–H groups in total. The number of nitrogens with one attached hydrogen (secondary N) is 2. The minimum atomic E-state index is -0.0232. The minimum Gasteiger partial charge on any atom is -0.493 e. The first-order chi connectivity index (χ1) is 7.81. The van der Waals surface area contributed by atoms with E-state index in [1.807, 2.05) is 19.2 Å². The molecule has 16 heavy (non-hydrogen) atoms. The topological polar surface area (TPSA) is 50.4 Å². The van der Waals surface area contributed by atoms with Gasteiger partial charge >= 0.3 is 0 Å². The molecule has 4 nitrogen and oxygen atoms in total. The Bertz CT molecular complexity index is 391. The average Bonchev–Trinajstić information content (AvgIpc) is 2.76. The van der Waals surface area contributed by atoms with Crippen LogP contribution in [0, 0.1) is 0 Å². The lowest BCUT2D eigenvalue weighted by molar-refractivity contribution is 0.0954. The van der Waals surface area contributed by atoms with Gasteiger partial charge in [0.15, 0.2) is 0 Å². The first kappa shape index (κ1) is 11.0. The molecule has 1 amide bonds. The molecule has 1 aromatic carbocycles. The van der Waals surface area contributed by atoms with Gasteiger partial charge in [0.05, 0.1) is 6.61 Å². The maximum absolute atomic E-state index is 11.7. The number of fused-ring (bicyclic) bond motifs is 1. The van der Waals surface area contributed by atoms with Crippen LogP contribution in [0.2, 0.25) is 0 Å². The van der Waals surface area contributed by atoms with E-state index in [2.05, 4.69) is 10.6 Å². The third kappa shape index (κ3) is 2.33. The van der Waals surface area contributed by atoms with Crippen LogP contribution in [-0.2, 0) is 6.42 Å². The van der Waals surface area contributed by atoms with Crippen molar-refractivity contribution in [3.8, 4) is 5.75 Å². The number of likely N-dealkylation sites (N-methyl/N-ethyl adjacent to an activating group) is 1. The highest BCUT2D eigenvalue weighted by Crippen LogP contribution is 2.25. The fraction of sp³-hybridized carbons (Fsp3) is 0.417. The molecule has 86 valence electrons. The molecule has 1 aliphatic heterocycles. The predicted octanol–water partition coefficient (Wildman–Crippen LogP) is 0.571. The first-order valence-electron chi connectivity index (χ1n) is 5.50. The summed E-state index contributed by atoms with van der Waals surface area (Å²) in [7, 11) is 1.86. The van der Waals surface area contributed by atoms with E-state index in [0.29, 0.717) is 12.1 Å². The molecule has 0 saturated heterocycles. The Balaban J connectivity index is 2.01. The lowest BCUT2D eigenvalue weighted by Gasteiger charge is -2.06. The fourth-order valence-electron chi connectivity index (χ4n) is 1.73. The van der Waals surface area contributed by atoms with Crippen molar-refractivity contribution in [1.29, 1.82) is 0 Å². The van der Waals surface area contributed by atoms with Crippen LogP contribution in [-0.4, -0.2) is 32.7 Å². The maximum atomic E-state index is 11.7. The molecule has 1 aliphatic rings. The van der Waals surface area contributed by atoms with Gasteiger partial charge in [-0.15, -0.1) is 0 Å². The monoisotopic (exact) mass is 220 g/mol. The molecule has 0 bridgehead atoms. The third-order valence-electron chi connectivity index (χ3n) is 2.61. The van der Waals surface area contributed by atoms with Gasteiger partial charge in [-0.25, -0.2) is 0 Å². The summed E-state index contributed by atoms with van der Waals surface area (Å²) in [4.78, 5) is 11.7. The molecule has 0 aliphatic carbocycles. The average molecular weight is 220 g/mol. The van der Waals surface area contributed by atoms with E-state index in [1.165, 1.54) is 0 Å². The number of carbonyl (C=O) groups is 1. The molecule has 0 saturated carbocycles. The Labute approximate surface area is 95.0 Å². The number of amides is 1. The zero-order valence-corrected chi connectivity index (χ0v) is 9.38. The van der Waals surface area contributed by atoms with Crippen LogP contribution < -0.4 is 15.4 Å². The normalized spacial score (nSPS) is 13.1. The Kier molecular flexibility index (Phi) is 3.41. The summed E-state index contributed by atoms with van der Waals surface area (Å²) in [6, 6.07) is 5.59. The zero-order valence-electron chi connectivity index (χ0n) is 9.38. The van der Waals surface area contributed by atoms with Crippen molar-refractivity contribution in [3.05, 3.63) is 29.3 Å². The standard InChI is InChI=1S/C12H16N2O2/c1-13-5-6-14-12(15)10-2-3-11-9(8-10)4-7-16-11/h2-3,8,13H,4-7H2,1H3,(H,14,15). The van der Waals surface area contributed by atoms with Crippen molar-refractivity contribution < 1.29 is 9.53 Å². The Morgan fingerprint density at radius 3 is 3.12 bits per heavy atom. The number of hydrogen-bond donors (Lipinski definition) is 2. The highest BCUT2D eigenvalue weighted by molar-refractivity contribution is 5.94. The predicted molar refractivity (Wildman–Crippen MR) is 61.9 cm³/mol. The Morgan fingerprint density at radius 2 is 2.31 bits per heavy atom. The summed E-state index contributed by atoms with van der Waals surface area (Å²) in [6.45, 7) is 2.14. The van der Waals surface area contributed by atoms with Gasteiger partial charge in [0, 0.05) is 25.1 Å². The summed E-state index contributed by atoms with van der Waals surface area (Å²) in [5.41, 5.74) is 1.83.